The van der Waals surface area contributed by atoms with Crippen molar-refractivity contribution in [2.24, 2.45) is 0 Å². The van der Waals surface area contributed by atoms with E-state index in [0.717, 1.165) is 17.1 Å². The van der Waals surface area contributed by atoms with Crippen molar-refractivity contribution in [1.82, 2.24) is 4.98 Å². The number of fused-ring (bicyclic) bond motifs is 3. The van der Waals surface area contributed by atoms with Crippen molar-refractivity contribution in [3.63, 3.8) is 0 Å². The van der Waals surface area contributed by atoms with Crippen molar-refractivity contribution in [3.8, 4) is 33.4 Å². The molecule has 0 saturated carbocycles. The maximum Gasteiger partial charge on any atom is 0.0462 e. The molecule has 2 heterocycles. The average Bonchev–Trinajstić information content (AvgIpc) is 3.48. The van der Waals surface area contributed by atoms with Crippen molar-refractivity contribution in [2.75, 3.05) is 4.90 Å². The normalized spacial score (nSPS) is 11.2. The molecule has 2 aromatic heterocycles. The lowest BCUT2D eigenvalue weighted by atomic mass is 10.0. The van der Waals surface area contributed by atoms with Gasteiger partial charge < -0.3 is 4.90 Å². The Hall–Kier alpha value is -5.51. The molecule has 44 heavy (non-hydrogen) atoms. The third-order valence-corrected chi connectivity index (χ3v) is 9.35. The molecule has 6 aromatic carbocycles. The van der Waals surface area contributed by atoms with Crippen LogP contribution in [-0.2, 0) is 0 Å². The van der Waals surface area contributed by atoms with Crippen LogP contribution in [-0.4, -0.2) is 4.98 Å². The Labute approximate surface area is 261 Å². The van der Waals surface area contributed by atoms with E-state index in [9.17, 15) is 0 Å². The second kappa shape index (κ2) is 11.3. The smallest absolute Gasteiger partial charge is 0.0462 e. The van der Waals surface area contributed by atoms with Crippen molar-refractivity contribution in [1.29, 1.82) is 0 Å². The van der Waals surface area contributed by atoms with Crippen LogP contribution >= 0.6 is 11.3 Å². The molecule has 0 unspecified atom stereocenters. The van der Waals surface area contributed by atoms with Crippen LogP contribution in [0, 0.1) is 0 Å². The standard InChI is InChI=1S/C41H28N2S/c1-3-7-29(8-4-1)31-11-18-35(19-12-31)43(36-20-13-32(14-21-36)30-9-5-2-6-10-30)37-22-15-33(16-23-37)34-17-24-40-38(27-34)39-28-42-26-25-41(39)44-40/h1-28H. The molecule has 0 bridgehead atoms. The molecule has 0 N–H and O–H groups in total. The van der Waals surface area contributed by atoms with Crippen molar-refractivity contribution in [3.05, 3.63) is 170 Å². The first-order valence-electron chi connectivity index (χ1n) is 14.8. The number of anilines is 3. The van der Waals surface area contributed by atoms with Gasteiger partial charge >= 0.3 is 0 Å². The molecule has 3 heteroatoms. The third kappa shape index (κ3) is 4.94. The minimum absolute atomic E-state index is 1.11. The number of rotatable bonds is 6. The molecule has 208 valence electrons. The van der Waals surface area contributed by atoms with Gasteiger partial charge in [-0.15, -0.1) is 11.3 Å². The summed E-state index contributed by atoms with van der Waals surface area (Å²) < 4.78 is 2.56. The van der Waals surface area contributed by atoms with Gasteiger partial charge in [0.2, 0.25) is 0 Å². The van der Waals surface area contributed by atoms with E-state index in [-0.39, 0.29) is 0 Å². The van der Waals surface area contributed by atoms with E-state index in [4.69, 9.17) is 0 Å². The zero-order valence-electron chi connectivity index (χ0n) is 24.0. The number of hydrogen-bond donors (Lipinski definition) is 0. The number of pyridine rings is 1. The van der Waals surface area contributed by atoms with E-state index in [1.807, 2.05) is 23.7 Å². The first-order chi connectivity index (χ1) is 21.8. The predicted molar refractivity (Wildman–Crippen MR) is 188 cm³/mol. The van der Waals surface area contributed by atoms with Crippen LogP contribution < -0.4 is 4.90 Å². The highest BCUT2D eigenvalue weighted by atomic mass is 32.1. The summed E-state index contributed by atoms with van der Waals surface area (Å²) in [7, 11) is 0. The fraction of sp³-hybridized carbons (Fsp3) is 0. The van der Waals surface area contributed by atoms with Crippen LogP contribution in [0.4, 0.5) is 17.1 Å². The zero-order valence-corrected chi connectivity index (χ0v) is 24.8. The molecule has 0 fully saturated rings. The van der Waals surface area contributed by atoms with E-state index < -0.39 is 0 Å². The van der Waals surface area contributed by atoms with Crippen LogP contribution in [0.1, 0.15) is 0 Å². The Morgan fingerprint density at radius 3 is 1.34 bits per heavy atom. The Morgan fingerprint density at radius 2 is 0.818 bits per heavy atom. The van der Waals surface area contributed by atoms with Crippen LogP contribution in [0.5, 0.6) is 0 Å². The molecule has 0 atom stereocenters. The fourth-order valence-corrected chi connectivity index (χ4v) is 6.97. The molecule has 8 rings (SSSR count). The second-order valence-electron chi connectivity index (χ2n) is 10.9. The Bertz CT molecular complexity index is 2100. The lowest BCUT2D eigenvalue weighted by Crippen LogP contribution is -2.09. The van der Waals surface area contributed by atoms with Crippen LogP contribution in [0.15, 0.2) is 170 Å². The van der Waals surface area contributed by atoms with Gasteiger partial charge in [0, 0.05) is 49.6 Å². The van der Waals surface area contributed by atoms with Crippen LogP contribution in [0.2, 0.25) is 0 Å². The highest BCUT2D eigenvalue weighted by Crippen LogP contribution is 2.39. The molecule has 0 aliphatic carbocycles. The van der Waals surface area contributed by atoms with E-state index in [1.165, 1.54) is 53.6 Å². The molecule has 0 radical (unpaired) electrons. The van der Waals surface area contributed by atoms with Gasteiger partial charge in [-0.25, -0.2) is 0 Å². The van der Waals surface area contributed by atoms with E-state index in [1.54, 1.807) is 0 Å². The zero-order chi connectivity index (χ0) is 29.3. The summed E-state index contributed by atoms with van der Waals surface area (Å²) in [5.41, 5.74) is 10.6. The monoisotopic (exact) mass is 580 g/mol. The number of nitrogens with zero attached hydrogens (tertiary/aromatic N) is 2. The van der Waals surface area contributed by atoms with E-state index in [0.29, 0.717) is 0 Å². The lowest BCUT2D eigenvalue weighted by molar-refractivity contribution is 1.28. The quantitative estimate of drug-likeness (QED) is 0.194. The summed E-state index contributed by atoms with van der Waals surface area (Å²) in [6.07, 6.45) is 3.85. The highest BCUT2D eigenvalue weighted by molar-refractivity contribution is 7.25. The van der Waals surface area contributed by atoms with Gasteiger partial charge in [-0.3, -0.25) is 4.98 Å². The molecule has 0 aliphatic rings. The minimum atomic E-state index is 1.11. The molecule has 2 nitrogen and oxygen atoms in total. The fourth-order valence-electron chi connectivity index (χ4n) is 5.92. The van der Waals surface area contributed by atoms with Gasteiger partial charge in [-0.05, 0) is 88.0 Å². The largest absolute Gasteiger partial charge is 0.311 e. The average molecular weight is 581 g/mol. The van der Waals surface area contributed by atoms with E-state index in [2.05, 4.69) is 168 Å². The van der Waals surface area contributed by atoms with Crippen LogP contribution in [0.25, 0.3) is 53.6 Å². The number of benzene rings is 6. The lowest BCUT2D eigenvalue weighted by Gasteiger charge is -2.26. The van der Waals surface area contributed by atoms with E-state index >= 15 is 0 Å². The predicted octanol–water partition coefficient (Wildman–Crippen LogP) is 11.9. The number of aromatic nitrogens is 1. The molecule has 0 saturated heterocycles. The van der Waals surface area contributed by atoms with Gasteiger partial charge in [0.05, 0.1) is 0 Å². The van der Waals surface area contributed by atoms with Crippen molar-refractivity contribution < 1.29 is 0 Å². The summed E-state index contributed by atoms with van der Waals surface area (Å²) >= 11 is 1.82. The topological polar surface area (TPSA) is 16.1 Å². The number of hydrogen-bond acceptors (Lipinski definition) is 3. The van der Waals surface area contributed by atoms with Crippen molar-refractivity contribution >= 4 is 48.6 Å². The second-order valence-corrected chi connectivity index (χ2v) is 12.0. The van der Waals surface area contributed by atoms with Gasteiger partial charge in [0.15, 0.2) is 0 Å². The molecule has 8 aromatic rings. The molecular formula is C41H28N2S. The molecule has 0 spiro atoms. The Kier molecular flexibility index (Phi) is 6.71. The first kappa shape index (κ1) is 26.1. The SMILES string of the molecule is c1ccc(-c2ccc(N(c3ccc(-c4ccccc4)cc3)c3ccc(-c4ccc5sc6ccncc6c5c4)cc3)cc2)cc1. The number of thiophene rings is 1. The first-order valence-corrected chi connectivity index (χ1v) is 15.6. The molecular weight excluding hydrogens is 553 g/mol. The van der Waals surface area contributed by atoms with Crippen LogP contribution in [0.3, 0.4) is 0 Å². The van der Waals surface area contributed by atoms with Gasteiger partial charge in [0.1, 0.15) is 0 Å². The minimum Gasteiger partial charge on any atom is -0.311 e. The third-order valence-electron chi connectivity index (χ3n) is 8.19. The molecule has 0 aliphatic heterocycles. The summed E-state index contributed by atoms with van der Waals surface area (Å²) in [6, 6.07) is 56.5. The Morgan fingerprint density at radius 1 is 0.386 bits per heavy atom. The maximum absolute atomic E-state index is 4.37. The summed E-state index contributed by atoms with van der Waals surface area (Å²) in [4.78, 5) is 6.70. The summed E-state index contributed by atoms with van der Waals surface area (Å²) in [6.45, 7) is 0. The van der Waals surface area contributed by atoms with Gasteiger partial charge in [-0.1, -0.05) is 103 Å². The Balaban J connectivity index is 1.17. The van der Waals surface area contributed by atoms with Crippen molar-refractivity contribution in [2.45, 2.75) is 0 Å². The maximum atomic E-state index is 4.37. The molecule has 0 amide bonds. The van der Waals surface area contributed by atoms with Gasteiger partial charge in [-0.2, -0.15) is 0 Å². The van der Waals surface area contributed by atoms with Gasteiger partial charge in [0.25, 0.3) is 0 Å². The summed E-state index contributed by atoms with van der Waals surface area (Å²) in [5, 5.41) is 2.48. The summed E-state index contributed by atoms with van der Waals surface area (Å²) in [5.74, 6) is 0. The highest BCUT2D eigenvalue weighted by Gasteiger charge is 2.14.